The summed E-state index contributed by atoms with van der Waals surface area (Å²) in [4.78, 5) is 15.8. The molecule has 0 unspecified atom stereocenters. The van der Waals surface area contributed by atoms with Crippen molar-refractivity contribution in [2.75, 3.05) is 12.8 Å². The maximum atomic E-state index is 12.0. The molecule has 20 heavy (non-hydrogen) atoms. The van der Waals surface area contributed by atoms with Crippen LogP contribution in [0.15, 0.2) is 23.4 Å². The molecule has 0 radical (unpaired) electrons. The molecule has 0 aromatic carbocycles. The first-order valence-electron chi connectivity index (χ1n) is 6.91. The van der Waals surface area contributed by atoms with E-state index in [2.05, 4.69) is 10.3 Å². The minimum Gasteiger partial charge on any atom is -0.352 e. The normalized spacial score (nSPS) is 16.9. The van der Waals surface area contributed by atoms with Crippen LogP contribution in [0.3, 0.4) is 0 Å². The van der Waals surface area contributed by atoms with Crippen LogP contribution in [0.2, 0.25) is 0 Å². The van der Waals surface area contributed by atoms with Crippen LogP contribution in [0.25, 0.3) is 0 Å². The zero-order chi connectivity index (χ0) is 14.6. The predicted molar refractivity (Wildman–Crippen MR) is 76.3 cm³/mol. The Morgan fingerprint density at radius 3 is 2.70 bits per heavy atom. The molecule has 0 spiro atoms. The van der Waals surface area contributed by atoms with Crippen LogP contribution >= 0.6 is 0 Å². The predicted octanol–water partition coefficient (Wildman–Crippen LogP) is 1.80. The van der Waals surface area contributed by atoms with Gasteiger partial charge in [-0.25, -0.2) is 13.4 Å². The van der Waals surface area contributed by atoms with Crippen molar-refractivity contribution in [1.29, 1.82) is 0 Å². The second-order valence-electron chi connectivity index (χ2n) is 5.37. The highest BCUT2D eigenvalue weighted by molar-refractivity contribution is 7.90. The first-order chi connectivity index (χ1) is 9.47. The minimum atomic E-state index is -3.39. The number of hydrogen-bond acceptors (Lipinski definition) is 4. The molecule has 110 valence electrons. The van der Waals surface area contributed by atoms with Crippen LogP contribution in [0, 0.1) is 5.92 Å². The SMILES string of the molecule is CS(=O)(=O)c1cc(C(=O)NCC2CCCCC2)ccn1. The Morgan fingerprint density at radius 2 is 2.05 bits per heavy atom. The first kappa shape index (κ1) is 15.0. The molecular weight excluding hydrogens is 276 g/mol. The van der Waals surface area contributed by atoms with Crippen LogP contribution in [0.1, 0.15) is 42.5 Å². The van der Waals surface area contributed by atoms with Gasteiger partial charge >= 0.3 is 0 Å². The largest absolute Gasteiger partial charge is 0.352 e. The van der Waals surface area contributed by atoms with E-state index in [-0.39, 0.29) is 10.9 Å². The maximum Gasteiger partial charge on any atom is 0.251 e. The molecule has 1 aromatic rings. The molecule has 1 fully saturated rings. The lowest BCUT2D eigenvalue weighted by atomic mass is 9.89. The van der Waals surface area contributed by atoms with Gasteiger partial charge in [-0.3, -0.25) is 4.79 Å². The second-order valence-corrected chi connectivity index (χ2v) is 7.33. The van der Waals surface area contributed by atoms with Gasteiger partial charge in [-0.2, -0.15) is 0 Å². The Labute approximate surface area is 119 Å². The standard InChI is InChI=1S/C14H20N2O3S/c1-20(18,19)13-9-12(7-8-15-13)14(17)16-10-11-5-3-2-4-6-11/h7-9,11H,2-6,10H2,1H3,(H,16,17). The summed E-state index contributed by atoms with van der Waals surface area (Å²) in [5.41, 5.74) is 0.344. The third-order valence-electron chi connectivity index (χ3n) is 3.65. The number of nitrogens with zero attached hydrogens (tertiary/aromatic N) is 1. The summed E-state index contributed by atoms with van der Waals surface area (Å²) in [5, 5.41) is 2.82. The highest BCUT2D eigenvalue weighted by Gasteiger charge is 2.16. The highest BCUT2D eigenvalue weighted by atomic mass is 32.2. The van der Waals surface area contributed by atoms with E-state index in [4.69, 9.17) is 0 Å². The zero-order valence-corrected chi connectivity index (χ0v) is 12.4. The van der Waals surface area contributed by atoms with E-state index in [1.165, 1.54) is 37.6 Å². The fraction of sp³-hybridized carbons (Fsp3) is 0.571. The van der Waals surface area contributed by atoms with Gasteiger partial charge in [0.1, 0.15) is 0 Å². The molecule has 1 N–H and O–H groups in total. The summed E-state index contributed by atoms with van der Waals surface area (Å²) < 4.78 is 22.8. The molecule has 1 aromatic heterocycles. The van der Waals surface area contributed by atoms with Crippen molar-refractivity contribution in [2.24, 2.45) is 5.92 Å². The molecule has 0 bridgehead atoms. The van der Waals surface area contributed by atoms with Crippen LogP contribution in [0.4, 0.5) is 0 Å². The van der Waals surface area contributed by atoms with E-state index >= 15 is 0 Å². The van der Waals surface area contributed by atoms with Gasteiger partial charge in [0.15, 0.2) is 14.9 Å². The van der Waals surface area contributed by atoms with E-state index < -0.39 is 9.84 Å². The Balaban J connectivity index is 1.98. The smallest absolute Gasteiger partial charge is 0.251 e. The molecule has 6 heteroatoms. The van der Waals surface area contributed by atoms with Crippen molar-refractivity contribution in [2.45, 2.75) is 37.1 Å². The van der Waals surface area contributed by atoms with Gasteiger partial charge in [-0.15, -0.1) is 0 Å². The molecule has 1 aliphatic rings. The van der Waals surface area contributed by atoms with Gasteiger partial charge in [0.25, 0.3) is 5.91 Å². The van der Waals surface area contributed by atoms with Crippen molar-refractivity contribution in [3.63, 3.8) is 0 Å². The Hall–Kier alpha value is -1.43. The van der Waals surface area contributed by atoms with Crippen LogP contribution in [-0.2, 0) is 9.84 Å². The van der Waals surface area contributed by atoms with Gasteiger partial charge in [0.05, 0.1) is 0 Å². The minimum absolute atomic E-state index is 0.0668. The molecule has 1 saturated carbocycles. The molecule has 1 heterocycles. The van der Waals surface area contributed by atoms with E-state index in [1.807, 2.05) is 0 Å². The molecule has 5 nitrogen and oxygen atoms in total. The number of hydrogen-bond donors (Lipinski definition) is 1. The third kappa shape index (κ3) is 4.03. The molecule has 2 rings (SSSR count). The van der Waals surface area contributed by atoms with Gasteiger partial charge in [0, 0.05) is 24.6 Å². The number of nitrogens with one attached hydrogen (secondary N) is 1. The molecular formula is C14H20N2O3S. The van der Waals surface area contributed by atoms with Crippen molar-refractivity contribution in [3.8, 4) is 0 Å². The lowest BCUT2D eigenvalue weighted by molar-refractivity contribution is 0.0943. The number of pyridine rings is 1. The number of sulfone groups is 1. The molecule has 0 aliphatic heterocycles. The van der Waals surface area contributed by atoms with Crippen molar-refractivity contribution in [3.05, 3.63) is 23.9 Å². The monoisotopic (exact) mass is 296 g/mol. The van der Waals surface area contributed by atoms with Gasteiger partial charge in [-0.05, 0) is 30.9 Å². The third-order valence-corrected chi connectivity index (χ3v) is 4.64. The Kier molecular flexibility index (Phi) is 4.75. The molecule has 0 atom stereocenters. The van der Waals surface area contributed by atoms with E-state index in [1.54, 1.807) is 0 Å². The fourth-order valence-corrected chi connectivity index (χ4v) is 3.08. The van der Waals surface area contributed by atoms with Crippen molar-refractivity contribution < 1.29 is 13.2 Å². The molecule has 0 saturated heterocycles. The van der Waals surface area contributed by atoms with Crippen LogP contribution in [0.5, 0.6) is 0 Å². The first-order valence-corrected chi connectivity index (χ1v) is 8.80. The van der Waals surface area contributed by atoms with Crippen LogP contribution in [-0.4, -0.2) is 32.1 Å². The number of amides is 1. The molecule has 1 aliphatic carbocycles. The van der Waals surface area contributed by atoms with E-state index in [0.29, 0.717) is 18.0 Å². The number of rotatable bonds is 4. The Bertz CT molecular complexity index is 578. The summed E-state index contributed by atoms with van der Waals surface area (Å²) in [6.07, 6.45) is 8.50. The quantitative estimate of drug-likeness (QED) is 0.919. The highest BCUT2D eigenvalue weighted by Crippen LogP contribution is 2.22. The van der Waals surface area contributed by atoms with Crippen molar-refractivity contribution in [1.82, 2.24) is 10.3 Å². The topological polar surface area (TPSA) is 76.1 Å². The average molecular weight is 296 g/mol. The average Bonchev–Trinajstić information content (AvgIpc) is 2.45. The van der Waals surface area contributed by atoms with Crippen LogP contribution < -0.4 is 5.32 Å². The summed E-state index contributed by atoms with van der Waals surface area (Å²) in [6.45, 7) is 0.662. The second kappa shape index (κ2) is 6.35. The number of carbonyl (C=O) groups is 1. The molecule has 1 amide bonds. The van der Waals surface area contributed by atoms with Crippen molar-refractivity contribution >= 4 is 15.7 Å². The lowest BCUT2D eigenvalue weighted by Crippen LogP contribution is -2.30. The van der Waals surface area contributed by atoms with Gasteiger partial charge < -0.3 is 5.32 Å². The summed E-state index contributed by atoms with van der Waals surface area (Å²) >= 11 is 0. The Morgan fingerprint density at radius 1 is 1.35 bits per heavy atom. The summed E-state index contributed by atoms with van der Waals surface area (Å²) in [7, 11) is -3.39. The number of carbonyl (C=O) groups excluding carboxylic acids is 1. The lowest BCUT2D eigenvalue weighted by Gasteiger charge is -2.21. The summed E-state index contributed by atoms with van der Waals surface area (Å²) in [6, 6.07) is 2.86. The number of aromatic nitrogens is 1. The van der Waals surface area contributed by atoms with E-state index in [0.717, 1.165) is 19.1 Å². The zero-order valence-electron chi connectivity index (χ0n) is 11.6. The van der Waals surface area contributed by atoms with Gasteiger partial charge in [0.2, 0.25) is 0 Å². The van der Waals surface area contributed by atoms with Gasteiger partial charge in [-0.1, -0.05) is 19.3 Å². The van der Waals surface area contributed by atoms with E-state index in [9.17, 15) is 13.2 Å². The summed E-state index contributed by atoms with van der Waals surface area (Å²) in [5.74, 6) is 0.312. The fourth-order valence-electron chi connectivity index (χ4n) is 2.48. The maximum absolute atomic E-state index is 12.0.